The van der Waals surface area contributed by atoms with Crippen molar-refractivity contribution in [3.8, 4) is 0 Å². The van der Waals surface area contributed by atoms with Crippen LogP contribution in [0.4, 0.5) is 4.39 Å². The third-order valence-electron chi connectivity index (χ3n) is 4.36. The average Bonchev–Trinajstić information content (AvgIpc) is 2.42. The van der Waals surface area contributed by atoms with Crippen molar-refractivity contribution < 1.29 is 4.39 Å². The molecule has 0 heterocycles. The number of benzene rings is 2. The zero-order chi connectivity index (χ0) is 14.8. The third-order valence-corrected chi connectivity index (χ3v) is 4.85. The van der Waals surface area contributed by atoms with Crippen molar-refractivity contribution >= 4 is 15.9 Å². The Morgan fingerprint density at radius 2 is 1.95 bits per heavy atom. The van der Waals surface area contributed by atoms with Gasteiger partial charge in [-0.2, -0.15) is 0 Å². The van der Waals surface area contributed by atoms with Crippen molar-refractivity contribution in [2.75, 3.05) is 0 Å². The Labute approximate surface area is 133 Å². The second-order valence-corrected chi connectivity index (χ2v) is 6.75. The van der Waals surface area contributed by atoms with Gasteiger partial charge in [0.2, 0.25) is 0 Å². The first kappa shape index (κ1) is 14.7. The maximum Gasteiger partial charge on any atom is 0.127 e. The van der Waals surface area contributed by atoms with Crippen LogP contribution in [0.5, 0.6) is 0 Å². The van der Waals surface area contributed by atoms with Crippen molar-refractivity contribution in [1.82, 2.24) is 5.32 Å². The molecule has 1 saturated carbocycles. The molecule has 0 saturated heterocycles. The topological polar surface area (TPSA) is 12.0 Å². The van der Waals surface area contributed by atoms with E-state index in [-0.39, 0.29) is 5.82 Å². The Hall–Kier alpha value is -1.19. The first-order valence-electron chi connectivity index (χ1n) is 7.36. The highest BCUT2D eigenvalue weighted by Crippen LogP contribution is 2.38. The van der Waals surface area contributed by atoms with Gasteiger partial charge >= 0.3 is 0 Å². The molecule has 0 amide bonds. The van der Waals surface area contributed by atoms with E-state index >= 15 is 0 Å². The Kier molecular flexibility index (Phi) is 4.41. The summed E-state index contributed by atoms with van der Waals surface area (Å²) < 4.78 is 14.6. The summed E-state index contributed by atoms with van der Waals surface area (Å²) in [5, 5.41) is 3.46. The molecule has 1 aliphatic rings. The average molecular weight is 348 g/mol. The van der Waals surface area contributed by atoms with Gasteiger partial charge in [-0.25, -0.2) is 4.39 Å². The van der Waals surface area contributed by atoms with Crippen LogP contribution in [0.25, 0.3) is 0 Å². The minimum absolute atomic E-state index is 0.138. The molecule has 0 radical (unpaired) electrons. The number of aryl methyl sites for hydroxylation is 1. The van der Waals surface area contributed by atoms with Crippen molar-refractivity contribution in [1.29, 1.82) is 0 Å². The van der Waals surface area contributed by atoms with Crippen LogP contribution in [-0.2, 0) is 6.54 Å². The van der Waals surface area contributed by atoms with Crippen molar-refractivity contribution in [3.63, 3.8) is 0 Å². The molecule has 110 valence electrons. The number of halogens is 2. The van der Waals surface area contributed by atoms with Gasteiger partial charge in [0.1, 0.15) is 5.82 Å². The van der Waals surface area contributed by atoms with Gasteiger partial charge in [0.15, 0.2) is 0 Å². The summed E-state index contributed by atoms with van der Waals surface area (Å²) in [6.45, 7) is 2.77. The molecule has 0 aliphatic heterocycles. The molecule has 0 bridgehead atoms. The predicted molar refractivity (Wildman–Crippen MR) is 87.9 cm³/mol. The van der Waals surface area contributed by atoms with Crippen molar-refractivity contribution in [3.05, 3.63) is 69.4 Å². The van der Waals surface area contributed by atoms with E-state index in [0.717, 1.165) is 22.9 Å². The lowest BCUT2D eigenvalue weighted by Gasteiger charge is -2.37. The molecule has 3 heteroatoms. The van der Waals surface area contributed by atoms with E-state index in [0.29, 0.717) is 18.5 Å². The highest BCUT2D eigenvalue weighted by molar-refractivity contribution is 9.10. The van der Waals surface area contributed by atoms with Crippen LogP contribution >= 0.6 is 15.9 Å². The van der Waals surface area contributed by atoms with Gasteiger partial charge in [0.25, 0.3) is 0 Å². The molecule has 0 atom stereocenters. The summed E-state index contributed by atoms with van der Waals surface area (Å²) in [5.41, 5.74) is 3.56. The highest BCUT2D eigenvalue weighted by atomic mass is 79.9. The van der Waals surface area contributed by atoms with Crippen LogP contribution in [0.1, 0.15) is 35.4 Å². The summed E-state index contributed by atoms with van der Waals surface area (Å²) in [4.78, 5) is 0. The summed E-state index contributed by atoms with van der Waals surface area (Å²) in [6.07, 6.45) is 2.28. The molecule has 0 unspecified atom stereocenters. The SMILES string of the molecule is Cc1ccccc1C1CC(NCc2cc(Br)ccc2F)C1. The van der Waals surface area contributed by atoms with Gasteiger partial charge in [0, 0.05) is 22.6 Å². The molecule has 2 aromatic carbocycles. The van der Waals surface area contributed by atoms with Gasteiger partial charge < -0.3 is 5.32 Å². The molecule has 0 spiro atoms. The van der Waals surface area contributed by atoms with Crippen molar-refractivity contribution in [2.24, 2.45) is 0 Å². The number of hydrogen-bond acceptors (Lipinski definition) is 1. The minimum atomic E-state index is -0.138. The first-order chi connectivity index (χ1) is 10.1. The van der Waals surface area contributed by atoms with Gasteiger partial charge in [-0.3, -0.25) is 0 Å². The summed E-state index contributed by atoms with van der Waals surface area (Å²) in [5.74, 6) is 0.511. The molecule has 1 N–H and O–H groups in total. The molecule has 21 heavy (non-hydrogen) atoms. The van der Waals surface area contributed by atoms with Gasteiger partial charge in [-0.1, -0.05) is 40.2 Å². The van der Waals surface area contributed by atoms with E-state index in [1.165, 1.54) is 17.2 Å². The van der Waals surface area contributed by atoms with Crippen LogP contribution in [0, 0.1) is 12.7 Å². The largest absolute Gasteiger partial charge is 0.310 e. The zero-order valence-corrected chi connectivity index (χ0v) is 13.7. The maximum atomic E-state index is 13.7. The van der Waals surface area contributed by atoms with E-state index in [9.17, 15) is 4.39 Å². The number of nitrogens with one attached hydrogen (secondary N) is 1. The highest BCUT2D eigenvalue weighted by Gasteiger charge is 2.30. The summed E-state index contributed by atoms with van der Waals surface area (Å²) in [6, 6.07) is 14.2. The fourth-order valence-corrected chi connectivity index (χ4v) is 3.42. The molecular weight excluding hydrogens is 329 g/mol. The second kappa shape index (κ2) is 6.29. The van der Waals surface area contributed by atoms with E-state index in [2.05, 4.69) is 52.4 Å². The maximum absolute atomic E-state index is 13.7. The molecule has 3 rings (SSSR count). The Morgan fingerprint density at radius 3 is 2.71 bits per heavy atom. The zero-order valence-electron chi connectivity index (χ0n) is 12.1. The van der Waals surface area contributed by atoms with Crippen molar-refractivity contribution in [2.45, 2.75) is 38.3 Å². The van der Waals surface area contributed by atoms with E-state index < -0.39 is 0 Å². The summed E-state index contributed by atoms with van der Waals surface area (Å²) in [7, 11) is 0. The first-order valence-corrected chi connectivity index (χ1v) is 8.15. The van der Waals surface area contributed by atoms with Gasteiger partial charge in [0.05, 0.1) is 0 Å². The molecule has 1 fully saturated rings. The normalized spacial score (nSPS) is 21.1. The Bertz CT molecular complexity index is 635. The third kappa shape index (κ3) is 3.35. The number of rotatable bonds is 4. The van der Waals surface area contributed by atoms with Gasteiger partial charge in [-0.05, 0) is 55.0 Å². The van der Waals surface area contributed by atoms with Crippen LogP contribution in [0.3, 0.4) is 0 Å². The lowest BCUT2D eigenvalue weighted by Crippen LogP contribution is -2.40. The fraction of sp³-hybridized carbons (Fsp3) is 0.333. The number of hydrogen-bond donors (Lipinski definition) is 1. The monoisotopic (exact) mass is 347 g/mol. The lowest BCUT2D eigenvalue weighted by atomic mass is 9.74. The fourth-order valence-electron chi connectivity index (χ4n) is 3.02. The van der Waals surface area contributed by atoms with Crippen LogP contribution < -0.4 is 5.32 Å². The molecule has 2 aromatic rings. The summed E-state index contributed by atoms with van der Waals surface area (Å²) >= 11 is 3.39. The predicted octanol–water partition coefficient (Wildman–Crippen LogP) is 4.93. The molecule has 1 nitrogen and oxygen atoms in total. The van der Waals surface area contributed by atoms with E-state index in [1.54, 1.807) is 6.07 Å². The Balaban J connectivity index is 1.54. The quantitative estimate of drug-likeness (QED) is 0.826. The van der Waals surface area contributed by atoms with Crippen LogP contribution in [-0.4, -0.2) is 6.04 Å². The molecule has 0 aromatic heterocycles. The standard InChI is InChI=1S/C18H19BrFN/c1-12-4-2-3-5-17(12)13-9-16(10-13)21-11-14-8-15(19)6-7-18(14)20/h2-8,13,16,21H,9-11H2,1H3. The van der Waals surface area contributed by atoms with Crippen LogP contribution in [0.15, 0.2) is 46.9 Å². The second-order valence-electron chi connectivity index (χ2n) is 5.84. The lowest BCUT2D eigenvalue weighted by molar-refractivity contribution is 0.287. The van der Waals surface area contributed by atoms with E-state index in [4.69, 9.17) is 0 Å². The molecule has 1 aliphatic carbocycles. The van der Waals surface area contributed by atoms with Crippen LogP contribution in [0.2, 0.25) is 0 Å². The minimum Gasteiger partial charge on any atom is -0.310 e. The van der Waals surface area contributed by atoms with Gasteiger partial charge in [-0.15, -0.1) is 0 Å². The van der Waals surface area contributed by atoms with E-state index in [1.807, 2.05) is 6.07 Å². The molecular formula is C18H19BrFN. The Morgan fingerprint density at radius 1 is 1.19 bits per heavy atom. The smallest absolute Gasteiger partial charge is 0.127 e.